The number of amides is 1. The Balaban J connectivity index is 2.88. The number of carbonyl (C=O) groups is 1. The molecule has 0 aliphatic heterocycles. The van der Waals surface area contributed by atoms with E-state index in [0.29, 0.717) is 0 Å². The summed E-state index contributed by atoms with van der Waals surface area (Å²) in [5.74, 6) is -0.133. The van der Waals surface area contributed by atoms with Crippen LogP contribution in [0.25, 0.3) is 0 Å². The molecule has 0 fully saturated rings. The lowest BCUT2D eigenvalue weighted by Crippen LogP contribution is -2.50. The number of rotatable bonds is 6. The first-order valence-corrected chi connectivity index (χ1v) is 7.42. The van der Waals surface area contributed by atoms with Crippen molar-refractivity contribution in [1.29, 1.82) is 0 Å². The van der Waals surface area contributed by atoms with Crippen LogP contribution in [0.2, 0.25) is 0 Å². The molecule has 1 rings (SSSR count). The van der Waals surface area contributed by atoms with Crippen LogP contribution in [0.15, 0.2) is 30.3 Å². The molecular weight excluding hydrogens is 248 g/mol. The lowest BCUT2D eigenvalue weighted by atomic mass is 9.76. The van der Waals surface area contributed by atoms with Crippen LogP contribution in [0.4, 0.5) is 0 Å². The van der Waals surface area contributed by atoms with Crippen LogP contribution < -0.4 is 11.1 Å². The van der Waals surface area contributed by atoms with Gasteiger partial charge in [0, 0.05) is 23.4 Å². The van der Waals surface area contributed by atoms with Crippen LogP contribution in [-0.2, 0) is 10.2 Å². The van der Waals surface area contributed by atoms with Crippen LogP contribution in [-0.4, -0.2) is 18.0 Å². The van der Waals surface area contributed by atoms with Crippen molar-refractivity contribution < 1.29 is 4.79 Å². The van der Waals surface area contributed by atoms with Crippen molar-refractivity contribution in [3.63, 3.8) is 0 Å². The van der Waals surface area contributed by atoms with Gasteiger partial charge in [0.25, 0.3) is 0 Å². The van der Waals surface area contributed by atoms with Crippen LogP contribution >= 0.6 is 0 Å². The highest BCUT2D eigenvalue weighted by molar-refractivity contribution is 5.79. The molecule has 0 saturated carbocycles. The molecule has 20 heavy (non-hydrogen) atoms. The fourth-order valence-electron chi connectivity index (χ4n) is 2.40. The Hall–Kier alpha value is -1.35. The summed E-state index contributed by atoms with van der Waals surface area (Å²) in [6.45, 7) is 10.2. The third kappa shape index (κ3) is 3.83. The molecule has 3 atom stereocenters. The van der Waals surface area contributed by atoms with Crippen molar-refractivity contribution in [1.82, 2.24) is 5.32 Å². The van der Waals surface area contributed by atoms with E-state index < -0.39 is 0 Å². The Labute approximate surface area is 122 Å². The first-order valence-electron chi connectivity index (χ1n) is 7.42. The van der Waals surface area contributed by atoms with Gasteiger partial charge in [0.2, 0.25) is 5.91 Å². The number of carbonyl (C=O) groups excluding carboxylic acids is 1. The molecule has 0 heterocycles. The molecule has 1 amide bonds. The van der Waals surface area contributed by atoms with Gasteiger partial charge >= 0.3 is 0 Å². The topological polar surface area (TPSA) is 55.1 Å². The lowest BCUT2D eigenvalue weighted by molar-refractivity contribution is -0.126. The predicted molar refractivity (Wildman–Crippen MR) is 84.5 cm³/mol. The maximum Gasteiger partial charge on any atom is 0.224 e. The van der Waals surface area contributed by atoms with Gasteiger partial charge in [0.15, 0.2) is 0 Å². The summed E-state index contributed by atoms with van der Waals surface area (Å²) in [7, 11) is 0. The second-order valence-corrected chi connectivity index (χ2v) is 6.20. The van der Waals surface area contributed by atoms with Crippen molar-refractivity contribution in [3.05, 3.63) is 35.9 Å². The van der Waals surface area contributed by atoms with Gasteiger partial charge in [-0.15, -0.1) is 0 Å². The molecule has 3 heteroatoms. The third-order valence-corrected chi connectivity index (χ3v) is 4.32. The van der Waals surface area contributed by atoms with E-state index in [1.165, 1.54) is 5.56 Å². The number of hydrogen-bond acceptors (Lipinski definition) is 2. The maximum absolute atomic E-state index is 12.2. The van der Waals surface area contributed by atoms with E-state index in [4.69, 9.17) is 5.73 Å². The summed E-state index contributed by atoms with van der Waals surface area (Å²) >= 11 is 0. The fraction of sp³-hybridized carbons (Fsp3) is 0.588. The van der Waals surface area contributed by atoms with Gasteiger partial charge in [-0.25, -0.2) is 0 Å². The minimum Gasteiger partial charge on any atom is -0.352 e. The molecule has 0 radical (unpaired) electrons. The summed E-state index contributed by atoms with van der Waals surface area (Å²) < 4.78 is 0. The fourth-order valence-corrected chi connectivity index (χ4v) is 2.40. The second-order valence-electron chi connectivity index (χ2n) is 6.20. The minimum absolute atomic E-state index is 0.0378. The molecule has 3 N–H and O–H groups in total. The molecular formula is C17H28N2O. The SMILES string of the molecule is CCC(NC(=O)C(C)C(C)N)C(C)(C)c1ccccc1. The molecule has 0 aliphatic carbocycles. The van der Waals surface area contributed by atoms with E-state index >= 15 is 0 Å². The van der Waals surface area contributed by atoms with Crippen molar-refractivity contribution in [2.75, 3.05) is 0 Å². The zero-order valence-corrected chi connectivity index (χ0v) is 13.3. The van der Waals surface area contributed by atoms with Crippen LogP contribution in [0, 0.1) is 5.92 Å². The summed E-state index contributed by atoms with van der Waals surface area (Å²) in [6.07, 6.45) is 0.888. The largest absolute Gasteiger partial charge is 0.352 e. The molecule has 3 unspecified atom stereocenters. The van der Waals surface area contributed by atoms with Gasteiger partial charge in [0.05, 0.1) is 0 Å². The van der Waals surface area contributed by atoms with Crippen LogP contribution in [0.1, 0.15) is 46.6 Å². The van der Waals surface area contributed by atoms with Crippen molar-refractivity contribution in [2.24, 2.45) is 11.7 Å². The van der Waals surface area contributed by atoms with Gasteiger partial charge in [-0.1, -0.05) is 58.0 Å². The van der Waals surface area contributed by atoms with Gasteiger partial charge in [-0.2, -0.15) is 0 Å². The van der Waals surface area contributed by atoms with Gasteiger partial charge < -0.3 is 11.1 Å². The van der Waals surface area contributed by atoms with Gasteiger partial charge in [-0.05, 0) is 18.9 Å². The Bertz CT molecular complexity index is 426. The van der Waals surface area contributed by atoms with Crippen molar-refractivity contribution in [2.45, 2.75) is 58.5 Å². The highest BCUT2D eigenvalue weighted by Crippen LogP contribution is 2.28. The average Bonchev–Trinajstić information content (AvgIpc) is 2.44. The third-order valence-electron chi connectivity index (χ3n) is 4.32. The van der Waals surface area contributed by atoms with Crippen LogP contribution in [0.3, 0.4) is 0 Å². The number of hydrogen-bond donors (Lipinski definition) is 2. The molecule has 3 nitrogen and oxygen atoms in total. The lowest BCUT2D eigenvalue weighted by Gasteiger charge is -2.36. The highest BCUT2D eigenvalue weighted by Gasteiger charge is 2.32. The summed E-state index contributed by atoms with van der Waals surface area (Å²) in [6, 6.07) is 10.3. The summed E-state index contributed by atoms with van der Waals surface area (Å²) in [5.41, 5.74) is 6.94. The van der Waals surface area contributed by atoms with E-state index in [1.807, 2.05) is 32.0 Å². The molecule has 0 aromatic heterocycles. The van der Waals surface area contributed by atoms with Crippen molar-refractivity contribution in [3.8, 4) is 0 Å². The Morgan fingerprint density at radius 1 is 1.25 bits per heavy atom. The van der Waals surface area contributed by atoms with Gasteiger partial charge in [0.1, 0.15) is 0 Å². The van der Waals surface area contributed by atoms with Crippen molar-refractivity contribution >= 4 is 5.91 Å². The van der Waals surface area contributed by atoms with E-state index in [0.717, 1.165) is 6.42 Å². The molecule has 112 valence electrons. The number of nitrogens with two attached hydrogens (primary N) is 1. The Morgan fingerprint density at radius 2 is 1.80 bits per heavy atom. The monoisotopic (exact) mass is 276 g/mol. The quantitative estimate of drug-likeness (QED) is 0.839. The molecule has 0 bridgehead atoms. The molecule has 1 aromatic rings. The first kappa shape index (κ1) is 16.7. The number of benzene rings is 1. The molecule has 0 saturated heterocycles. The molecule has 0 spiro atoms. The van der Waals surface area contributed by atoms with E-state index in [1.54, 1.807) is 0 Å². The Kier molecular flexibility index (Phi) is 5.75. The zero-order valence-electron chi connectivity index (χ0n) is 13.3. The standard InChI is InChI=1S/C17H28N2O/c1-6-15(19-16(20)12(2)13(3)18)17(4,5)14-10-8-7-9-11-14/h7-13,15H,6,18H2,1-5H3,(H,19,20). The second kappa shape index (κ2) is 6.89. The average molecular weight is 276 g/mol. The smallest absolute Gasteiger partial charge is 0.224 e. The van der Waals surface area contributed by atoms with E-state index in [2.05, 4.69) is 38.2 Å². The molecule has 0 aliphatic rings. The zero-order chi connectivity index (χ0) is 15.3. The van der Waals surface area contributed by atoms with Gasteiger partial charge in [-0.3, -0.25) is 4.79 Å². The number of nitrogens with one attached hydrogen (secondary N) is 1. The maximum atomic E-state index is 12.2. The summed E-state index contributed by atoms with van der Waals surface area (Å²) in [4.78, 5) is 12.2. The first-order chi connectivity index (χ1) is 9.30. The van der Waals surface area contributed by atoms with E-state index in [9.17, 15) is 4.79 Å². The minimum atomic E-state index is -0.171. The summed E-state index contributed by atoms with van der Waals surface area (Å²) in [5, 5.41) is 3.17. The van der Waals surface area contributed by atoms with E-state index in [-0.39, 0.29) is 29.3 Å². The Morgan fingerprint density at radius 3 is 2.25 bits per heavy atom. The molecule has 1 aromatic carbocycles. The predicted octanol–water partition coefficient (Wildman–Crippen LogP) is 2.84. The van der Waals surface area contributed by atoms with Crippen LogP contribution in [0.5, 0.6) is 0 Å². The highest BCUT2D eigenvalue weighted by atomic mass is 16.2. The normalized spacial score (nSPS) is 16.3.